The number of non-ortho nitro benzene ring substituents is 2. The average molecular weight is 705 g/mol. The molecule has 2 atom stereocenters. The molecule has 0 aromatic heterocycles. The lowest BCUT2D eigenvalue weighted by Gasteiger charge is -2.48. The number of carbonyl (C=O) groups is 2. The number of nitrogens with zero attached hydrogens (tertiary/aromatic N) is 8. The van der Waals surface area contributed by atoms with Gasteiger partial charge in [-0.25, -0.2) is 19.6 Å². The minimum Gasteiger partial charge on any atom is -0.460 e. The van der Waals surface area contributed by atoms with Gasteiger partial charge in [-0.15, -0.1) is 10.2 Å². The third-order valence-electron chi connectivity index (χ3n) is 9.18. The number of fused-ring (bicyclic) bond motifs is 5. The normalized spacial score (nSPS) is 20.2. The maximum Gasteiger partial charge on any atom is 0.376 e. The molecule has 0 amide bonds. The minimum absolute atomic E-state index is 0.0193. The van der Waals surface area contributed by atoms with Crippen molar-refractivity contribution in [3.8, 4) is 0 Å². The van der Waals surface area contributed by atoms with E-state index in [0.717, 1.165) is 0 Å². The van der Waals surface area contributed by atoms with Crippen LogP contribution in [0.3, 0.4) is 0 Å². The Morgan fingerprint density at radius 3 is 1.62 bits per heavy atom. The highest BCUT2D eigenvalue weighted by Gasteiger charge is 2.64. The lowest BCUT2D eigenvalue weighted by molar-refractivity contribution is -0.385. The number of para-hydroxylation sites is 2. The highest BCUT2D eigenvalue weighted by molar-refractivity contribution is 6.45. The molecule has 16 heteroatoms. The topological polar surface area (TPSA) is 177 Å². The van der Waals surface area contributed by atoms with Gasteiger partial charge in [-0.3, -0.25) is 30.0 Å². The van der Waals surface area contributed by atoms with Crippen LogP contribution in [-0.4, -0.2) is 52.3 Å². The van der Waals surface area contributed by atoms with Crippen LogP contribution in [0.2, 0.25) is 0 Å². The molecule has 52 heavy (non-hydrogen) atoms. The van der Waals surface area contributed by atoms with Crippen molar-refractivity contribution in [2.75, 3.05) is 33.0 Å². The SMILES string of the molecule is CCOC(=O)C1=NN(c2ccc([N+](=O)[O-])cc2)[C@@]2(C)C[C@@]3(c4ccccc4)N(c4ccc([N+](=O)[O-])cc4)N=C(C(=O)OCC)N3c3ccccc3N12. The van der Waals surface area contributed by atoms with Gasteiger partial charge < -0.3 is 9.47 Å². The van der Waals surface area contributed by atoms with Crippen molar-refractivity contribution in [2.24, 2.45) is 10.2 Å². The average Bonchev–Trinajstić information content (AvgIpc) is 3.61. The van der Waals surface area contributed by atoms with Crippen LogP contribution in [0.5, 0.6) is 0 Å². The molecule has 264 valence electrons. The molecule has 3 aliphatic heterocycles. The molecule has 0 N–H and O–H groups in total. The highest BCUT2D eigenvalue weighted by Crippen LogP contribution is 2.57. The Labute approximate surface area is 297 Å². The number of esters is 2. The fourth-order valence-corrected chi connectivity index (χ4v) is 7.12. The first-order chi connectivity index (χ1) is 25.0. The molecule has 3 heterocycles. The standard InChI is InChI=1S/C36H32N8O8/c1-4-51-33(45)31-37-41(25-15-19-27(20-16-25)43(47)48)35(3)23-36(24-11-7-6-8-12-24)40(30-14-10-9-13-29(30)39(31)35)32(34(46)52-5-2)38-42(36)26-17-21-28(22-18-26)44(49)50/h6-22H,4-5,23H2,1-3H3/t35-,36-/m0/s1. The molecule has 0 fully saturated rings. The third kappa shape index (κ3) is 5.14. The van der Waals surface area contributed by atoms with Crippen LogP contribution in [0.15, 0.2) is 113 Å². The first-order valence-corrected chi connectivity index (χ1v) is 16.4. The molecule has 4 aromatic carbocycles. The zero-order valence-corrected chi connectivity index (χ0v) is 28.3. The Morgan fingerprint density at radius 1 is 0.673 bits per heavy atom. The number of amidine groups is 2. The number of anilines is 4. The summed E-state index contributed by atoms with van der Waals surface area (Å²) in [6.07, 6.45) is 0.0193. The Bertz CT molecular complexity index is 2140. The van der Waals surface area contributed by atoms with E-state index in [1.165, 1.54) is 24.3 Å². The molecule has 0 saturated heterocycles. The predicted molar refractivity (Wildman–Crippen MR) is 192 cm³/mol. The van der Waals surface area contributed by atoms with E-state index in [2.05, 4.69) is 0 Å². The summed E-state index contributed by atoms with van der Waals surface area (Å²) in [7, 11) is 0. The Hall–Kier alpha value is -6.84. The third-order valence-corrected chi connectivity index (χ3v) is 9.18. The van der Waals surface area contributed by atoms with E-state index in [1.54, 1.807) is 82.2 Å². The second-order valence-electron chi connectivity index (χ2n) is 12.2. The maximum atomic E-state index is 14.0. The fraction of sp³-hybridized carbons (Fsp3) is 0.222. The Kier molecular flexibility index (Phi) is 8.28. The Morgan fingerprint density at radius 2 is 1.12 bits per heavy atom. The first kappa shape index (κ1) is 33.6. The van der Waals surface area contributed by atoms with Crippen molar-refractivity contribution in [1.29, 1.82) is 0 Å². The molecular formula is C36H32N8O8. The number of hydrogen-bond donors (Lipinski definition) is 0. The summed E-state index contributed by atoms with van der Waals surface area (Å²) in [5.41, 5.74) is -0.573. The number of rotatable bonds is 9. The van der Waals surface area contributed by atoms with Gasteiger partial charge in [0, 0.05) is 36.2 Å². The van der Waals surface area contributed by atoms with Gasteiger partial charge in [0.15, 0.2) is 5.66 Å². The maximum absolute atomic E-state index is 14.0. The smallest absolute Gasteiger partial charge is 0.376 e. The number of nitro groups is 2. The number of hydrazone groups is 2. The van der Waals surface area contributed by atoms with E-state index >= 15 is 0 Å². The van der Waals surface area contributed by atoms with Crippen molar-refractivity contribution in [3.63, 3.8) is 0 Å². The molecule has 0 spiro atoms. The quantitative estimate of drug-likeness (QED) is 0.115. The monoisotopic (exact) mass is 704 g/mol. The van der Waals surface area contributed by atoms with E-state index < -0.39 is 33.1 Å². The fourth-order valence-electron chi connectivity index (χ4n) is 7.12. The molecule has 0 unspecified atom stereocenters. The van der Waals surface area contributed by atoms with Gasteiger partial charge in [0.1, 0.15) is 5.66 Å². The van der Waals surface area contributed by atoms with Crippen LogP contribution in [0, 0.1) is 20.2 Å². The summed E-state index contributed by atoms with van der Waals surface area (Å²) >= 11 is 0. The predicted octanol–water partition coefficient (Wildman–Crippen LogP) is 5.88. The number of carbonyl (C=O) groups excluding carboxylic acids is 2. The van der Waals surface area contributed by atoms with Gasteiger partial charge in [0.25, 0.3) is 11.4 Å². The van der Waals surface area contributed by atoms with Crippen LogP contribution >= 0.6 is 0 Å². The first-order valence-electron chi connectivity index (χ1n) is 16.4. The van der Waals surface area contributed by atoms with Crippen LogP contribution in [-0.2, 0) is 24.7 Å². The van der Waals surface area contributed by atoms with Gasteiger partial charge in [0.05, 0.1) is 45.8 Å². The van der Waals surface area contributed by atoms with Crippen LogP contribution < -0.4 is 19.8 Å². The zero-order valence-electron chi connectivity index (χ0n) is 28.3. The molecule has 7 rings (SSSR count). The van der Waals surface area contributed by atoms with Crippen molar-refractivity contribution < 1.29 is 28.9 Å². The van der Waals surface area contributed by atoms with Gasteiger partial charge in [0.2, 0.25) is 11.7 Å². The summed E-state index contributed by atoms with van der Waals surface area (Å²) < 4.78 is 11.1. The van der Waals surface area contributed by atoms with Crippen molar-refractivity contribution >= 4 is 57.7 Å². The zero-order chi connectivity index (χ0) is 36.8. The minimum atomic E-state index is -1.43. The number of nitro benzene ring substituents is 2. The van der Waals surface area contributed by atoms with Crippen molar-refractivity contribution in [2.45, 2.75) is 38.5 Å². The number of benzene rings is 4. The van der Waals surface area contributed by atoms with E-state index in [0.29, 0.717) is 28.3 Å². The summed E-state index contributed by atoms with van der Waals surface area (Å²) in [4.78, 5) is 53.6. The van der Waals surface area contributed by atoms with Gasteiger partial charge in [-0.05, 0) is 57.2 Å². The summed E-state index contributed by atoms with van der Waals surface area (Å²) in [5, 5.41) is 36.3. The Balaban J connectivity index is 1.56. The lowest BCUT2D eigenvalue weighted by Crippen LogP contribution is -2.62. The van der Waals surface area contributed by atoms with E-state index in [9.17, 15) is 29.8 Å². The highest BCUT2D eigenvalue weighted by atomic mass is 16.6. The molecule has 4 aromatic rings. The molecule has 0 radical (unpaired) electrons. The van der Waals surface area contributed by atoms with Gasteiger partial charge in [-0.1, -0.05) is 42.5 Å². The van der Waals surface area contributed by atoms with E-state index in [-0.39, 0.29) is 42.7 Å². The molecule has 0 bridgehead atoms. The molecule has 16 nitrogen and oxygen atoms in total. The van der Waals surface area contributed by atoms with Crippen molar-refractivity contribution in [3.05, 3.63) is 129 Å². The van der Waals surface area contributed by atoms with E-state index in [4.69, 9.17) is 19.7 Å². The lowest BCUT2D eigenvalue weighted by atomic mass is 9.86. The van der Waals surface area contributed by atoms with Gasteiger partial charge in [-0.2, -0.15) is 0 Å². The van der Waals surface area contributed by atoms with Gasteiger partial charge >= 0.3 is 11.9 Å². The molecule has 0 saturated carbocycles. The summed E-state index contributed by atoms with van der Waals surface area (Å²) in [6.45, 7) is 5.35. The van der Waals surface area contributed by atoms with Crippen LogP contribution in [0.1, 0.15) is 32.8 Å². The van der Waals surface area contributed by atoms with E-state index in [1.807, 2.05) is 37.3 Å². The summed E-state index contributed by atoms with van der Waals surface area (Å²) in [6, 6.07) is 28.1. The second kappa shape index (κ2) is 12.8. The largest absolute Gasteiger partial charge is 0.460 e. The number of ether oxygens (including phenoxy) is 2. The van der Waals surface area contributed by atoms with Crippen LogP contribution in [0.4, 0.5) is 34.1 Å². The molecular weight excluding hydrogens is 672 g/mol. The van der Waals surface area contributed by atoms with Crippen molar-refractivity contribution in [1.82, 2.24) is 0 Å². The molecule has 0 aliphatic carbocycles. The second-order valence-corrected chi connectivity index (χ2v) is 12.2. The molecule has 3 aliphatic rings. The number of hydrogen-bond acceptors (Lipinski definition) is 14. The summed E-state index contributed by atoms with van der Waals surface area (Å²) in [5.74, 6) is -1.56. The van der Waals surface area contributed by atoms with Crippen LogP contribution in [0.25, 0.3) is 0 Å².